The van der Waals surface area contributed by atoms with Crippen molar-refractivity contribution < 1.29 is 9.21 Å². The van der Waals surface area contributed by atoms with Gasteiger partial charge in [-0.05, 0) is 50.3 Å². The Hall–Kier alpha value is -2.41. The van der Waals surface area contributed by atoms with E-state index in [0.717, 1.165) is 49.9 Å². The fraction of sp³-hybridized carbons (Fsp3) is 0.591. The van der Waals surface area contributed by atoms with Gasteiger partial charge in [-0.15, -0.1) is 0 Å². The lowest BCUT2D eigenvalue weighted by Crippen LogP contribution is -2.42. The molecule has 2 aromatic heterocycles. The minimum atomic E-state index is -0.159. The highest BCUT2D eigenvalue weighted by molar-refractivity contribution is 5.91. The van der Waals surface area contributed by atoms with Crippen molar-refractivity contribution >= 4 is 5.91 Å². The molecule has 0 N–H and O–H groups in total. The number of amides is 1. The van der Waals surface area contributed by atoms with E-state index in [9.17, 15) is 9.59 Å². The molecule has 2 fully saturated rings. The summed E-state index contributed by atoms with van der Waals surface area (Å²) in [4.78, 5) is 35.3. The molecule has 0 bridgehead atoms. The van der Waals surface area contributed by atoms with Crippen molar-refractivity contribution in [2.45, 2.75) is 50.6 Å². The lowest BCUT2D eigenvalue weighted by molar-refractivity contribution is 0.0699. The van der Waals surface area contributed by atoms with Gasteiger partial charge in [0.05, 0.1) is 24.1 Å². The maximum atomic E-state index is 13.3. The Kier molecular flexibility index (Phi) is 3.79. The Balaban J connectivity index is 1.29. The predicted octanol–water partition coefficient (Wildman–Crippen LogP) is 1.79. The largest absolute Gasteiger partial charge is 0.459 e. The number of fused-ring (bicyclic) bond motifs is 3. The summed E-state index contributed by atoms with van der Waals surface area (Å²) in [6.45, 7) is 5.01. The second-order valence-electron chi connectivity index (χ2n) is 9.23. The highest BCUT2D eigenvalue weighted by Crippen LogP contribution is 2.42. The van der Waals surface area contributed by atoms with Crippen molar-refractivity contribution in [3.8, 4) is 0 Å². The second-order valence-corrected chi connectivity index (χ2v) is 9.23. The fourth-order valence-electron chi connectivity index (χ4n) is 5.46. The van der Waals surface area contributed by atoms with Gasteiger partial charge in [0.25, 0.3) is 11.5 Å². The van der Waals surface area contributed by atoms with Gasteiger partial charge < -0.3 is 14.2 Å². The van der Waals surface area contributed by atoms with Crippen molar-refractivity contribution in [2.24, 2.45) is 5.92 Å². The molecule has 0 radical (unpaired) electrons. The first-order chi connectivity index (χ1) is 14.1. The number of rotatable bonds is 3. The van der Waals surface area contributed by atoms with Crippen molar-refractivity contribution in [1.29, 1.82) is 0 Å². The molecular weight excluding hydrogens is 368 g/mol. The van der Waals surface area contributed by atoms with E-state index in [4.69, 9.17) is 9.40 Å². The molecule has 3 aliphatic heterocycles. The summed E-state index contributed by atoms with van der Waals surface area (Å²) >= 11 is 0. The van der Waals surface area contributed by atoms with Crippen LogP contribution < -0.4 is 5.56 Å². The van der Waals surface area contributed by atoms with Gasteiger partial charge in [0.15, 0.2) is 5.76 Å². The zero-order valence-electron chi connectivity index (χ0n) is 16.6. The minimum absolute atomic E-state index is 0.0458. The number of hydrogen-bond donors (Lipinski definition) is 0. The molecule has 7 heteroatoms. The molecule has 1 amide bonds. The third-order valence-corrected chi connectivity index (χ3v) is 7.27. The number of aromatic nitrogens is 2. The molecule has 0 unspecified atom stereocenters. The number of nitrogens with zero attached hydrogens (tertiary/aromatic N) is 4. The van der Waals surface area contributed by atoms with Gasteiger partial charge >= 0.3 is 0 Å². The topological polar surface area (TPSA) is 71.6 Å². The van der Waals surface area contributed by atoms with Crippen molar-refractivity contribution in [1.82, 2.24) is 19.4 Å². The Morgan fingerprint density at radius 1 is 1.24 bits per heavy atom. The van der Waals surface area contributed by atoms with E-state index in [-0.39, 0.29) is 16.9 Å². The smallest absolute Gasteiger partial charge is 0.289 e. The van der Waals surface area contributed by atoms with Gasteiger partial charge in [-0.3, -0.25) is 14.2 Å². The molecule has 1 atom stereocenters. The number of carbonyl (C=O) groups is 1. The van der Waals surface area contributed by atoms with Crippen LogP contribution in [0.4, 0.5) is 0 Å². The summed E-state index contributed by atoms with van der Waals surface area (Å²) in [7, 11) is 0. The molecule has 0 aromatic carbocycles. The average Bonchev–Trinajstić information content (AvgIpc) is 3.11. The molecule has 1 aliphatic carbocycles. The van der Waals surface area contributed by atoms with Gasteiger partial charge in [-0.25, -0.2) is 4.98 Å². The van der Waals surface area contributed by atoms with Gasteiger partial charge in [-0.2, -0.15) is 0 Å². The number of hydrogen-bond acceptors (Lipinski definition) is 5. The van der Waals surface area contributed by atoms with E-state index in [1.165, 1.54) is 25.6 Å². The molecule has 152 valence electrons. The van der Waals surface area contributed by atoms with Crippen LogP contribution in [0.25, 0.3) is 0 Å². The van der Waals surface area contributed by atoms with E-state index in [1.807, 2.05) is 4.57 Å². The first-order valence-corrected chi connectivity index (χ1v) is 10.8. The van der Waals surface area contributed by atoms with Crippen LogP contribution in [0.5, 0.6) is 0 Å². The first kappa shape index (κ1) is 17.4. The van der Waals surface area contributed by atoms with E-state index < -0.39 is 0 Å². The van der Waals surface area contributed by atoms with Crippen molar-refractivity contribution in [3.63, 3.8) is 0 Å². The van der Waals surface area contributed by atoms with Crippen LogP contribution in [0.3, 0.4) is 0 Å². The minimum Gasteiger partial charge on any atom is -0.459 e. The quantitative estimate of drug-likeness (QED) is 0.794. The monoisotopic (exact) mass is 394 g/mol. The molecule has 1 saturated carbocycles. The fourth-order valence-corrected chi connectivity index (χ4v) is 5.46. The zero-order chi connectivity index (χ0) is 19.6. The Labute approximate surface area is 169 Å². The maximum Gasteiger partial charge on any atom is 0.289 e. The lowest BCUT2D eigenvalue weighted by Gasteiger charge is -2.29. The van der Waals surface area contributed by atoms with Crippen LogP contribution in [0.1, 0.15) is 53.3 Å². The number of furan rings is 1. The van der Waals surface area contributed by atoms with Crippen LogP contribution in [0, 0.1) is 5.92 Å². The van der Waals surface area contributed by atoms with E-state index >= 15 is 0 Å². The second kappa shape index (κ2) is 6.29. The number of carbonyl (C=O) groups excluding carboxylic acids is 1. The third-order valence-electron chi connectivity index (χ3n) is 7.27. The van der Waals surface area contributed by atoms with Crippen LogP contribution in [-0.4, -0.2) is 51.4 Å². The van der Waals surface area contributed by atoms with Crippen LogP contribution >= 0.6 is 0 Å². The van der Waals surface area contributed by atoms with Crippen molar-refractivity contribution in [3.05, 3.63) is 51.6 Å². The summed E-state index contributed by atoms with van der Waals surface area (Å²) in [6, 6.07) is 3.38. The summed E-state index contributed by atoms with van der Waals surface area (Å²) < 4.78 is 7.15. The molecule has 2 aromatic rings. The van der Waals surface area contributed by atoms with Crippen LogP contribution in [0.15, 0.2) is 27.6 Å². The summed E-state index contributed by atoms with van der Waals surface area (Å²) in [6.07, 6.45) is 6.99. The molecule has 1 saturated heterocycles. The van der Waals surface area contributed by atoms with Crippen LogP contribution in [-0.2, 0) is 24.9 Å². The standard InChI is InChI=1S/C22H26N4O3/c27-19-16-13-25(20(28)18-2-1-11-29-18)8-5-17(16)23-21-22(7-10-26(19)21)6-9-24(14-22)12-15-3-4-15/h1-2,11,15H,3-10,12-14H2/t22-/m1/s1. The molecular formula is C22H26N4O3. The van der Waals surface area contributed by atoms with E-state index in [2.05, 4.69) is 4.90 Å². The first-order valence-electron chi connectivity index (χ1n) is 10.8. The molecule has 6 rings (SSSR count). The lowest BCUT2D eigenvalue weighted by atomic mass is 9.85. The molecule has 29 heavy (non-hydrogen) atoms. The number of likely N-dealkylation sites (tertiary alicyclic amines) is 1. The van der Waals surface area contributed by atoms with E-state index in [1.54, 1.807) is 17.0 Å². The Bertz CT molecular complexity index is 1020. The Morgan fingerprint density at radius 3 is 2.90 bits per heavy atom. The summed E-state index contributed by atoms with van der Waals surface area (Å²) in [5, 5.41) is 0. The highest BCUT2D eigenvalue weighted by atomic mass is 16.3. The van der Waals surface area contributed by atoms with Gasteiger partial charge in [0.2, 0.25) is 0 Å². The maximum absolute atomic E-state index is 13.3. The third kappa shape index (κ3) is 2.78. The highest BCUT2D eigenvalue weighted by Gasteiger charge is 2.47. The van der Waals surface area contributed by atoms with Crippen molar-refractivity contribution in [2.75, 3.05) is 26.2 Å². The summed E-state index contributed by atoms with van der Waals surface area (Å²) in [5.74, 6) is 2.06. The van der Waals surface area contributed by atoms with Gasteiger partial charge in [0, 0.05) is 38.0 Å². The van der Waals surface area contributed by atoms with Crippen LogP contribution in [0.2, 0.25) is 0 Å². The molecule has 4 aliphatic rings. The molecule has 7 nitrogen and oxygen atoms in total. The van der Waals surface area contributed by atoms with E-state index in [0.29, 0.717) is 30.8 Å². The SMILES string of the molecule is O=C(c1ccco1)N1CCc2nc3n(c(=O)c2C1)CC[C@@]31CCN(CC2CC2)C1. The molecule has 1 spiro atoms. The molecule has 5 heterocycles. The van der Waals surface area contributed by atoms with Gasteiger partial charge in [0.1, 0.15) is 5.82 Å². The zero-order valence-corrected chi connectivity index (χ0v) is 16.6. The predicted molar refractivity (Wildman–Crippen MR) is 106 cm³/mol. The van der Waals surface area contributed by atoms with Gasteiger partial charge in [-0.1, -0.05) is 0 Å². The average molecular weight is 394 g/mol. The summed E-state index contributed by atoms with van der Waals surface area (Å²) in [5.41, 5.74) is 1.68. The Morgan fingerprint density at radius 2 is 2.10 bits per heavy atom. The normalized spacial score (nSPS) is 26.1.